The minimum absolute atomic E-state index is 0.0719. The molecule has 16 heavy (non-hydrogen) atoms. The van der Waals surface area contributed by atoms with E-state index in [1.54, 1.807) is 30.9 Å². The molecule has 0 saturated heterocycles. The second-order valence-electron chi connectivity index (χ2n) is 3.09. The number of carboxylic acid groups (broad SMARTS) is 1. The molecule has 0 radical (unpaired) electrons. The molecule has 1 rings (SSSR count). The Bertz CT molecular complexity index is 391. The number of imidazole rings is 1. The van der Waals surface area contributed by atoms with Gasteiger partial charge >= 0.3 is 5.97 Å². The van der Waals surface area contributed by atoms with Gasteiger partial charge in [0.1, 0.15) is 6.04 Å². The average Bonchev–Trinajstić information content (AvgIpc) is 2.72. The second kappa shape index (κ2) is 5.55. The number of likely N-dealkylation sites (N-methyl/N-ethyl adjacent to an activating group) is 1. The van der Waals surface area contributed by atoms with E-state index >= 15 is 0 Å². The van der Waals surface area contributed by atoms with E-state index in [9.17, 15) is 9.59 Å². The molecule has 0 saturated carbocycles. The molecule has 88 valence electrons. The topological polar surface area (TPSA) is 84.2 Å². The highest BCUT2D eigenvalue weighted by Gasteiger charge is 2.17. The lowest BCUT2D eigenvalue weighted by molar-refractivity contribution is -0.133. The van der Waals surface area contributed by atoms with Gasteiger partial charge in [0.05, 0.1) is 5.75 Å². The van der Waals surface area contributed by atoms with E-state index in [1.807, 2.05) is 0 Å². The molecule has 1 unspecified atom stereocenters. The third-order valence-corrected chi connectivity index (χ3v) is 2.97. The van der Waals surface area contributed by atoms with Crippen molar-refractivity contribution in [3.05, 3.63) is 12.4 Å². The van der Waals surface area contributed by atoms with Gasteiger partial charge in [-0.2, -0.15) is 0 Å². The van der Waals surface area contributed by atoms with Crippen molar-refractivity contribution in [2.24, 2.45) is 0 Å². The summed E-state index contributed by atoms with van der Waals surface area (Å²) in [4.78, 5) is 25.9. The summed E-state index contributed by atoms with van der Waals surface area (Å²) in [5.41, 5.74) is 0. The summed E-state index contributed by atoms with van der Waals surface area (Å²) in [6.45, 7) is 1.73. The summed E-state index contributed by atoms with van der Waals surface area (Å²) in [7, 11) is 1.56. The van der Waals surface area contributed by atoms with E-state index < -0.39 is 12.0 Å². The number of amides is 1. The van der Waals surface area contributed by atoms with Crippen LogP contribution in [-0.4, -0.2) is 39.3 Å². The minimum atomic E-state index is -0.910. The van der Waals surface area contributed by atoms with Gasteiger partial charge in [0.2, 0.25) is 5.91 Å². The molecule has 0 bridgehead atoms. The van der Waals surface area contributed by atoms with Crippen molar-refractivity contribution in [2.45, 2.75) is 18.1 Å². The van der Waals surface area contributed by atoms with Gasteiger partial charge in [0.25, 0.3) is 0 Å². The molecule has 2 N–H and O–H groups in total. The van der Waals surface area contributed by atoms with Crippen LogP contribution in [0.2, 0.25) is 0 Å². The molecule has 0 aliphatic heterocycles. The van der Waals surface area contributed by atoms with E-state index in [0.717, 1.165) is 11.8 Å². The lowest BCUT2D eigenvalue weighted by atomic mass is 10.3. The SMILES string of the molecule is CNC(=O)C(C)n1ccnc1SCC(=O)O. The normalized spacial score (nSPS) is 12.1. The van der Waals surface area contributed by atoms with Gasteiger partial charge in [-0.1, -0.05) is 11.8 Å². The third kappa shape index (κ3) is 2.99. The molecular formula is C9H13N3O3S. The third-order valence-electron chi connectivity index (χ3n) is 2.00. The summed E-state index contributed by atoms with van der Waals surface area (Å²) < 4.78 is 1.65. The maximum atomic E-state index is 11.4. The lowest BCUT2D eigenvalue weighted by Gasteiger charge is -2.13. The molecule has 1 atom stereocenters. The molecule has 1 amide bonds. The van der Waals surface area contributed by atoms with E-state index in [-0.39, 0.29) is 11.7 Å². The van der Waals surface area contributed by atoms with Gasteiger partial charge in [-0.05, 0) is 6.92 Å². The summed E-state index contributed by atoms with van der Waals surface area (Å²) in [6.07, 6.45) is 3.20. The van der Waals surface area contributed by atoms with Crippen molar-refractivity contribution in [3.63, 3.8) is 0 Å². The van der Waals surface area contributed by atoms with Crippen molar-refractivity contribution in [3.8, 4) is 0 Å². The molecule has 0 aromatic carbocycles. The molecule has 0 aliphatic carbocycles. The van der Waals surface area contributed by atoms with Crippen LogP contribution >= 0.6 is 11.8 Å². The van der Waals surface area contributed by atoms with Crippen LogP contribution in [0.3, 0.4) is 0 Å². The number of thioether (sulfide) groups is 1. The van der Waals surface area contributed by atoms with Crippen LogP contribution in [0.15, 0.2) is 17.6 Å². The number of carboxylic acids is 1. The van der Waals surface area contributed by atoms with Crippen LogP contribution in [-0.2, 0) is 9.59 Å². The van der Waals surface area contributed by atoms with Gasteiger partial charge in [0, 0.05) is 19.4 Å². The number of hydrogen-bond donors (Lipinski definition) is 2. The average molecular weight is 243 g/mol. The summed E-state index contributed by atoms with van der Waals surface area (Å²) in [5, 5.41) is 11.6. The summed E-state index contributed by atoms with van der Waals surface area (Å²) in [6, 6.07) is -0.399. The predicted octanol–water partition coefficient (Wildman–Crippen LogP) is 0.367. The summed E-state index contributed by atoms with van der Waals surface area (Å²) >= 11 is 1.09. The van der Waals surface area contributed by atoms with Gasteiger partial charge < -0.3 is 15.0 Å². The second-order valence-corrected chi connectivity index (χ2v) is 4.03. The Kier molecular flexibility index (Phi) is 4.36. The van der Waals surface area contributed by atoms with Crippen molar-refractivity contribution >= 4 is 23.6 Å². The molecule has 0 spiro atoms. The number of hydrogen-bond acceptors (Lipinski definition) is 4. The highest BCUT2D eigenvalue weighted by Crippen LogP contribution is 2.19. The summed E-state index contributed by atoms with van der Waals surface area (Å²) in [5.74, 6) is -1.13. The molecule has 1 aromatic rings. The maximum Gasteiger partial charge on any atom is 0.313 e. The molecular weight excluding hydrogens is 230 g/mol. The first kappa shape index (κ1) is 12.6. The van der Waals surface area contributed by atoms with Gasteiger partial charge in [-0.3, -0.25) is 9.59 Å². The molecule has 7 heteroatoms. The van der Waals surface area contributed by atoms with Crippen molar-refractivity contribution in [2.75, 3.05) is 12.8 Å². The van der Waals surface area contributed by atoms with Crippen LogP contribution < -0.4 is 5.32 Å². The standard InChI is InChI=1S/C9H13N3O3S/c1-6(8(15)10-2)12-4-3-11-9(12)16-5-7(13)14/h3-4,6H,5H2,1-2H3,(H,10,15)(H,13,14). The van der Waals surface area contributed by atoms with Crippen LogP contribution in [0.25, 0.3) is 0 Å². The van der Waals surface area contributed by atoms with Crippen LogP contribution in [0, 0.1) is 0 Å². The van der Waals surface area contributed by atoms with Crippen molar-refractivity contribution < 1.29 is 14.7 Å². The minimum Gasteiger partial charge on any atom is -0.481 e. The zero-order chi connectivity index (χ0) is 12.1. The number of rotatable bonds is 5. The maximum absolute atomic E-state index is 11.4. The Labute approximate surface area is 97.1 Å². The zero-order valence-corrected chi connectivity index (χ0v) is 9.82. The Balaban J connectivity index is 2.77. The molecule has 0 fully saturated rings. The molecule has 0 aliphatic rings. The first-order valence-electron chi connectivity index (χ1n) is 4.65. The van der Waals surface area contributed by atoms with Gasteiger partial charge in [-0.15, -0.1) is 0 Å². The lowest BCUT2D eigenvalue weighted by Crippen LogP contribution is -2.27. The molecule has 1 aromatic heterocycles. The molecule has 6 nitrogen and oxygen atoms in total. The fourth-order valence-electron chi connectivity index (χ4n) is 1.17. The van der Waals surface area contributed by atoms with Gasteiger partial charge in [-0.25, -0.2) is 4.98 Å². The smallest absolute Gasteiger partial charge is 0.313 e. The monoisotopic (exact) mass is 243 g/mol. The van der Waals surface area contributed by atoms with E-state index in [1.165, 1.54) is 0 Å². The van der Waals surface area contributed by atoms with Crippen LogP contribution in [0.1, 0.15) is 13.0 Å². The van der Waals surface area contributed by atoms with Crippen LogP contribution in [0.5, 0.6) is 0 Å². The zero-order valence-electron chi connectivity index (χ0n) is 9.01. The number of carbonyl (C=O) groups excluding carboxylic acids is 1. The largest absolute Gasteiger partial charge is 0.481 e. The fraction of sp³-hybridized carbons (Fsp3) is 0.444. The highest BCUT2D eigenvalue weighted by molar-refractivity contribution is 7.99. The predicted molar refractivity (Wildman–Crippen MR) is 59.4 cm³/mol. The highest BCUT2D eigenvalue weighted by atomic mass is 32.2. The number of nitrogens with zero attached hydrogens (tertiary/aromatic N) is 2. The Morgan fingerprint density at radius 2 is 2.38 bits per heavy atom. The Morgan fingerprint density at radius 3 is 2.94 bits per heavy atom. The fourth-order valence-corrected chi connectivity index (χ4v) is 1.92. The number of aromatic nitrogens is 2. The molecule has 1 heterocycles. The van der Waals surface area contributed by atoms with E-state index in [0.29, 0.717) is 5.16 Å². The van der Waals surface area contributed by atoms with E-state index in [4.69, 9.17) is 5.11 Å². The van der Waals surface area contributed by atoms with E-state index in [2.05, 4.69) is 10.3 Å². The van der Waals surface area contributed by atoms with Crippen LogP contribution in [0.4, 0.5) is 0 Å². The Hall–Kier alpha value is -1.50. The van der Waals surface area contributed by atoms with Gasteiger partial charge in [0.15, 0.2) is 5.16 Å². The van der Waals surface area contributed by atoms with Crippen molar-refractivity contribution in [1.82, 2.24) is 14.9 Å². The Morgan fingerprint density at radius 1 is 1.69 bits per heavy atom. The first-order valence-corrected chi connectivity index (χ1v) is 5.63. The quantitative estimate of drug-likeness (QED) is 0.730. The van der Waals surface area contributed by atoms with Crippen molar-refractivity contribution in [1.29, 1.82) is 0 Å². The number of carbonyl (C=O) groups is 2. The number of nitrogens with one attached hydrogen (secondary N) is 1. The number of aliphatic carboxylic acids is 1. The first-order chi connectivity index (χ1) is 7.56.